The molecule has 0 amide bonds. The van der Waals surface area contributed by atoms with Gasteiger partial charge in [-0.25, -0.2) is 0 Å². The van der Waals surface area contributed by atoms with E-state index in [9.17, 15) is 0 Å². The summed E-state index contributed by atoms with van der Waals surface area (Å²) < 4.78 is 5.34. The molecule has 0 aliphatic carbocycles. The summed E-state index contributed by atoms with van der Waals surface area (Å²) in [4.78, 5) is 6.72. The van der Waals surface area contributed by atoms with Crippen LogP contribution in [0.1, 0.15) is 12.1 Å². The molecule has 0 radical (unpaired) electrons. The standard InChI is InChI=1S/C12H19N3O/c1-16-12-5-7-15(9-12)6-4-11-3-2-10(13)8-14-11/h2-3,8,12H,4-7,9,13H2,1H3. The van der Waals surface area contributed by atoms with Gasteiger partial charge in [0.2, 0.25) is 0 Å². The minimum Gasteiger partial charge on any atom is -0.397 e. The van der Waals surface area contributed by atoms with E-state index in [-0.39, 0.29) is 0 Å². The molecule has 4 nitrogen and oxygen atoms in total. The van der Waals surface area contributed by atoms with Crippen molar-refractivity contribution in [3.8, 4) is 0 Å². The third kappa shape index (κ3) is 2.93. The van der Waals surface area contributed by atoms with Gasteiger partial charge in [-0.3, -0.25) is 4.98 Å². The topological polar surface area (TPSA) is 51.4 Å². The Labute approximate surface area is 96.4 Å². The lowest BCUT2D eigenvalue weighted by Gasteiger charge is -2.14. The molecule has 2 heterocycles. The molecule has 0 bridgehead atoms. The summed E-state index contributed by atoms with van der Waals surface area (Å²) in [5.74, 6) is 0. The molecule has 1 aliphatic heterocycles. The van der Waals surface area contributed by atoms with Crippen LogP contribution in [0, 0.1) is 0 Å². The van der Waals surface area contributed by atoms with Crippen molar-refractivity contribution in [3.63, 3.8) is 0 Å². The second kappa shape index (κ2) is 5.27. The molecular formula is C12H19N3O. The fraction of sp³-hybridized carbons (Fsp3) is 0.583. The predicted molar refractivity (Wildman–Crippen MR) is 64.2 cm³/mol. The van der Waals surface area contributed by atoms with Crippen molar-refractivity contribution in [2.75, 3.05) is 32.5 Å². The number of nitrogen functional groups attached to an aromatic ring is 1. The fourth-order valence-electron chi connectivity index (χ4n) is 2.05. The number of ether oxygens (including phenoxy) is 1. The van der Waals surface area contributed by atoms with Crippen molar-refractivity contribution < 1.29 is 4.74 Å². The summed E-state index contributed by atoms with van der Waals surface area (Å²) in [7, 11) is 1.79. The Hall–Kier alpha value is -1.13. The molecule has 16 heavy (non-hydrogen) atoms. The number of hydrogen-bond donors (Lipinski definition) is 1. The molecule has 2 rings (SSSR count). The first-order chi connectivity index (χ1) is 7.78. The van der Waals surface area contributed by atoms with Gasteiger partial charge in [0.1, 0.15) is 0 Å². The number of likely N-dealkylation sites (tertiary alicyclic amines) is 1. The van der Waals surface area contributed by atoms with E-state index in [1.165, 1.54) is 0 Å². The van der Waals surface area contributed by atoms with E-state index in [4.69, 9.17) is 10.5 Å². The third-order valence-electron chi connectivity index (χ3n) is 3.09. The van der Waals surface area contributed by atoms with Gasteiger partial charge in [-0.1, -0.05) is 0 Å². The molecule has 0 spiro atoms. The van der Waals surface area contributed by atoms with Crippen molar-refractivity contribution in [2.24, 2.45) is 0 Å². The van der Waals surface area contributed by atoms with Crippen molar-refractivity contribution in [3.05, 3.63) is 24.0 Å². The Morgan fingerprint density at radius 3 is 3.06 bits per heavy atom. The number of nitrogens with zero attached hydrogens (tertiary/aromatic N) is 2. The molecule has 88 valence electrons. The smallest absolute Gasteiger partial charge is 0.0710 e. The Kier molecular flexibility index (Phi) is 3.74. The number of methoxy groups -OCH3 is 1. The highest BCUT2D eigenvalue weighted by atomic mass is 16.5. The quantitative estimate of drug-likeness (QED) is 0.821. The van der Waals surface area contributed by atoms with Gasteiger partial charge < -0.3 is 15.4 Å². The zero-order valence-corrected chi connectivity index (χ0v) is 9.72. The van der Waals surface area contributed by atoms with Crippen LogP contribution in [0.5, 0.6) is 0 Å². The maximum atomic E-state index is 5.59. The van der Waals surface area contributed by atoms with Gasteiger partial charge >= 0.3 is 0 Å². The molecule has 1 saturated heterocycles. The molecule has 1 atom stereocenters. The van der Waals surface area contributed by atoms with Crippen LogP contribution in [-0.4, -0.2) is 42.7 Å². The van der Waals surface area contributed by atoms with Crippen molar-refractivity contribution in [2.45, 2.75) is 18.9 Å². The highest BCUT2D eigenvalue weighted by molar-refractivity contribution is 5.34. The van der Waals surface area contributed by atoms with E-state index < -0.39 is 0 Å². The van der Waals surface area contributed by atoms with Crippen LogP contribution < -0.4 is 5.73 Å². The monoisotopic (exact) mass is 221 g/mol. The number of hydrogen-bond acceptors (Lipinski definition) is 4. The molecule has 1 aliphatic rings. The van der Waals surface area contributed by atoms with Gasteiger partial charge in [0.15, 0.2) is 0 Å². The minimum absolute atomic E-state index is 0.416. The molecule has 1 unspecified atom stereocenters. The number of nitrogens with two attached hydrogens (primary N) is 1. The summed E-state index contributed by atoms with van der Waals surface area (Å²) in [6.45, 7) is 3.23. The van der Waals surface area contributed by atoms with Crippen LogP contribution in [0.4, 0.5) is 5.69 Å². The van der Waals surface area contributed by atoms with Crippen LogP contribution in [0.15, 0.2) is 18.3 Å². The van der Waals surface area contributed by atoms with Gasteiger partial charge in [0.25, 0.3) is 0 Å². The van der Waals surface area contributed by atoms with Gasteiger partial charge in [-0.15, -0.1) is 0 Å². The maximum Gasteiger partial charge on any atom is 0.0710 e. The first kappa shape index (κ1) is 11.4. The number of pyridine rings is 1. The van der Waals surface area contributed by atoms with Gasteiger partial charge in [-0.2, -0.15) is 0 Å². The van der Waals surface area contributed by atoms with Crippen LogP contribution in [0.2, 0.25) is 0 Å². The SMILES string of the molecule is COC1CCN(CCc2ccc(N)cn2)C1. The molecule has 4 heteroatoms. The van der Waals surface area contributed by atoms with Crippen LogP contribution in [0.25, 0.3) is 0 Å². The highest BCUT2D eigenvalue weighted by Gasteiger charge is 2.21. The minimum atomic E-state index is 0.416. The molecule has 0 saturated carbocycles. The zero-order valence-electron chi connectivity index (χ0n) is 9.72. The summed E-state index contributed by atoms with van der Waals surface area (Å²) in [5.41, 5.74) is 7.42. The van der Waals surface area contributed by atoms with Crippen molar-refractivity contribution in [1.82, 2.24) is 9.88 Å². The molecule has 1 aromatic heterocycles. The molecule has 2 N–H and O–H groups in total. The summed E-state index contributed by atoms with van der Waals surface area (Å²) in [6.07, 6.45) is 4.26. The van der Waals surface area contributed by atoms with Gasteiger partial charge in [0.05, 0.1) is 18.0 Å². The predicted octanol–water partition coefficient (Wildman–Crippen LogP) is 0.927. The van der Waals surface area contributed by atoms with E-state index in [0.717, 1.165) is 43.9 Å². The lowest BCUT2D eigenvalue weighted by molar-refractivity contribution is 0.108. The van der Waals surface area contributed by atoms with Crippen LogP contribution in [-0.2, 0) is 11.2 Å². The first-order valence-corrected chi connectivity index (χ1v) is 5.73. The Morgan fingerprint density at radius 1 is 1.56 bits per heavy atom. The van der Waals surface area contributed by atoms with E-state index in [1.807, 2.05) is 12.1 Å². The molecule has 1 aromatic rings. The van der Waals surface area contributed by atoms with E-state index in [2.05, 4.69) is 9.88 Å². The summed E-state index contributed by atoms with van der Waals surface area (Å²) >= 11 is 0. The van der Waals surface area contributed by atoms with Crippen LogP contribution in [0.3, 0.4) is 0 Å². The Morgan fingerprint density at radius 2 is 2.44 bits per heavy atom. The molecular weight excluding hydrogens is 202 g/mol. The highest BCUT2D eigenvalue weighted by Crippen LogP contribution is 2.12. The van der Waals surface area contributed by atoms with E-state index >= 15 is 0 Å². The van der Waals surface area contributed by atoms with E-state index in [1.54, 1.807) is 13.3 Å². The number of aromatic nitrogens is 1. The first-order valence-electron chi connectivity index (χ1n) is 5.73. The molecule has 1 fully saturated rings. The van der Waals surface area contributed by atoms with E-state index in [0.29, 0.717) is 6.10 Å². The zero-order chi connectivity index (χ0) is 11.4. The average molecular weight is 221 g/mol. The Bertz CT molecular complexity index is 326. The number of rotatable bonds is 4. The Balaban J connectivity index is 1.77. The normalized spacial score (nSPS) is 21.4. The fourth-order valence-corrected chi connectivity index (χ4v) is 2.05. The average Bonchev–Trinajstić information content (AvgIpc) is 2.76. The van der Waals surface area contributed by atoms with Gasteiger partial charge in [-0.05, 0) is 18.6 Å². The van der Waals surface area contributed by atoms with Crippen molar-refractivity contribution in [1.29, 1.82) is 0 Å². The lowest BCUT2D eigenvalue weighted by Crippen LogP contribution is -2.25. The third-order valence-corrected chi connectivity index (χ3v) is 3.09. The number of anilines is 1. The summed E-state index contributed by atoms with van der Waals surface area (Å²) in [6, 6.07) is 3.91. The maximum absolute atomic E-state index is 5.59. The van der Waals surface area contributed by atoms with Gasteiger partial charge in [0, 0.05) is 38.9 Å². The van der Waals surface area contributed by atoms with Crippen LogP contribution >= 0.6 is 0 Å². The van der Waals surface area contributed by atoms with Crippen molar-refractivity contribution >= 4 is 5.69 Å². The largest absolute Gasteiger partial charge is 0.397 e. The molecule has 0 aromatic carbocycles. The second-order valence-corrected chi connectivity index (χ2v) is 4.28. The lowest BCUT2D eigenvalue weighted by atomic mass is 10.2. The second-order valence-electron chi connectivity index (χ2n) is 4.28. The summed E-state index contributed by atoms with van der Waals surface area (Å²) in [5, 5.41) is 0.